The molecule has 0 atom stereocenters. The Kier molecular flexibility index (Phi) is 7.38. The maximum Gasteiger partial charge on any atom is 0.224 e. The minimum Gasteiger partial charge on any atom is -0.326 e. The van der Waals surface area contributed by atoms with Crippen LogP contribution in [-0.4, -0.2) is 30.4 Å². The largest absolute Gasteiger partial charge is 0.326 e. The van der Waals surface area contributed by atoms with E-state index in [1.165, 1.54) is 32.4 Å². The summed E-state index contributed by atoms with van der Waals surface area (Å²) in [7, 11) is 0. The molecule has 1 aromatic rings. The van der Waals surface area contributed by atoms with Crippen molar-refractivity contribution in [1.82, 2.24) is 4.90 Å². The first-order valence-electron chi connectivity index (χ1n) is 8.98. The van der Waals surface area contributed by atoms with Crippen molar-refractivity contribution < 1.29 is 4.79 Å². The van der Waals surface area contributed by atoms with E-state index < -0.39 is 0 Å². The lowest BCUT2D eigenvalue weighted by Gasteiger charge is -2.26. The van der Waals surface area contributed by atoms with E-state index in [2.05, 4.69) is 24.1 Å². The Labute approximate surface area is 145 Å². The van der Waals surface area contributed by atoms with E-state index in [-0.39, 0.29) is 5.91 Å². The normalized spacial score (nSPS) is 15.6. The molecule has 0 aliphatic carbocycles. The highest BCUT2D eigenvalue weighted by atomic mass is 35.5. The first-order chi connectivity index (χ1) is 11.2. The van der Waals surface area contributed by atoms with Crippen molar-refractivity contribution in [3.05, 3.63) is 28.3 Å². The Balaban J connectivity index is 1.90. The molecule has 1 saturated heterocycles. The zero-order chi connectivity index (χ0) is 16.7. The number of hydrogen-bond acceptors (Lipinski definition) is 2. The van der Waals surface area contributed by atoms with Crippen LogP contribution >= 0.6 is 11.6 Å². The van der Waals surface area contributed by atoms with Crippen molar-refractivity contribution in [3.63, 3.8) is 0 Å². The summed E-state index contributed by atoms with van der Waals surface area (Å²) in [5.41, 5.74) is 3.15. The van der Waals surface area contributed by atoms with Gasteiger partial charge in [0.2, 0.25) is 5.91 Å². The molecule has 0 radical (unpaired) electrons. The van der Waals surface area contributed by atoms with Gasteiger partial charge in [-0.2, -0.15) is 0 Å². The Morgan fingerprint density at radius 2 is 1.91 bits per heavy atom. The Hall–Kier alpha value is -1.06. The Bertz CT molecular complexity index is 524. The summed E-state index contributed by atoms with van der Waals surface area (Å²) < 4.78 is 0. The first kappa shape index (κ1) is 18.3. The minimum atomic E-state index is 0.105. The molecule has 4 heteroatoms. The van der Waals surface area contributed by atoms with E-state index in [0.29, 0.717) is 6.42 Å². The van der Waals surface area contributed by atoms with Gasteiger partial charge in [-0.1, -0.05) is 37.9 Å². The molecule has 1 amide bonds. The third-order valence-corrected chi connectivity index (χ3v) is 5.02. The second-order valence-electron chi connectivity index (χ2n) is 6.32. The van der Waals surface area contributed by atoms with Crippen LogP contribution < -0.4 is 5.32 Å². The second-order valence-corrected chi connectivity index (χ2v) is 6.73. The number of nitrogens with zero attached hydrogens (tertiary/aromatic N) is 1. The maximum absolute atomic E-state index is 12.3. The summed E-state index contributed by atoms with van der Waals surface area (Å²) in [6.45, 7) is 7.59. The third-order valence-electron chi connectivity index (χ3n) is 4.67. The van der Waals surface area contributed by atoms with Crippen molar-refractivity contribution in [2.45, 2.75) is 58.8 Å². The fourth-order valence-corrected chi connectivity index (χ4v) is 3.61. The number of anilines is 1. The molecule has 1 fully saturated rings. The zero-order valence-electron chi connectivity index (χ0n) is 14.5. The number of halogens is 1. The number of amides is 1. The summed E-state index contributed by atoms with van der Waals surface area (Å²) in [5, 5.41) is 3.86. The Morgan fingerprint density at radius 3 is 2.57 bits per heavy atom. The van der Waals surface area contributed by atoms with E-state index in [4.69, 9.17) is 11.6 Å². The van der Waals surface area contributed by atoms with Gasteiger partial charge in [0.25, 0.3) is 0 Å². The van der Waals surface area contributed by atoms with Crippen LogP contribution in [0.1, 0.15) is 57.1 Å². The lowest BCUT2D eigenvalue weighted by atomic mass is 10.0. The molecule has 3 nitrogen and oxygen atoms in total. The topological polar surface area (TPSA) is 32.3 Å². The summed E-state index contributed by atoms with van der Waals surface area (Å²) in [5.74, 6) is 0.105. The van der Waals surface area contributed by atoms with Gasteiger partial charge in [0.1, 0.15) is 0 Å². The summed E-state index contributed by atoms with van der Waals surface area (Å²) >= 11 is 6.29. The monoisotopic (exact) mass is 336 g/mol. The van der Waals surface area contributed by atoms with Crippen LogP contribution in [0.4, 0.5) is 5.69 Å². The summed E-state index contributed by atoms with van der Waals surface area (Å²) in [4.78, 5) is 14.8. The number of nitrogens with one attached hydrogen (secondary N) is 1. The van der Waals surface area contributed by atoms with E-state index in [0.717, 1.165) is 47.6 Å². The van der Waals surface area contributed by atoms with Gasteiger partial charge >= 0.3 is 0 Å². The molecular weight excluding hydrogens is 308 g/mol. The molecule has 1 N–H and O–H groups in total. The van der Waals surface area contributed by atoms with E-state index >= 15 is 0 Å². The van der Waals surface area contributed by atoms with Gasteiger partial charge in [-0.15, -0.1) is 0 Å². The fraction of sp³-hybridized carbons (Fsp3) is 0.632. The predicted octanol–water partition coefficient (Wildman–Crippen LogP) is 4.67. The summed E-state index contributed by atoms with van der Waals surface area (Å²) in [6.07, 6.45) is 7.18. The standard InChI is InChI=1S/C19H29ClN2O/c1-3-15-10-11-17(20)16(4-2)19(15)21-18(23)9-8-14-22-12-6-5-7-13-22/h10-11H,3-9,12-14H2,1-2H3,(H,21,23). The molecule has 0 bridgehead atoms. The number of benzene rings is 1. The van der Waals surface area contributed by atoms with Crippen LogP contribution in [-0.2, 0) is 17.6 Å². The van der Waals surface area contributed by atoms with Gasteiger partial charge in [0, 0.05) is 17.1 Å². The van der Waals surface area contributed by atoms with Gasteiger partial charge in [0.15, 0.2) is 0 Å². The molecule has 0 saturated carbocycles. The number of carbonyl (C=O) groups is 1. The number of aryl methyl sites for hydroxylation is 1. The molecule has 1 heterocycles. The SMILES string of the molecule is CCc1ccc(Cl)c(CC)c1NC(=O)CCCN1CCCCC1. The molecule has 2 rings (SSSR count). The van der Waals surface area contributed by atoms with Crippen molar-refractivity contribution in [2.75, 3.05) is 25.0 Å². The van der Waals surface area contributed by atoms with Crippen LogP contribution in [0.25, 0.3) is 0 Å². The highest BCUT2D eigenvalue weighted by Crippen LogP contribution is 2.29. The van der Waals surface area contributed by atoms with Crippen LogP contribution in [0.2, 0.25) is 5.02 Å². The van der Waals surface area contributed by atoms with Crippen LogP contribution in [0.5, 0.6) is 0 Å². The fourth-order valence-electron chi connectivity index (χ4n) is 3.32. The molecule has 1 aliphatic heterocycles. The van der Waals surface area contributed by atoms with Crippen molar-refractivity contribution >= 4 is 23.2 Å². The first-order valence-corrected chi connectivity index (χ1v) is 9.36. The van der Waals surface area contributed by atoms with Gasteiger partial charge in [-0.3, -0.25) is 4.79 Å². The lowest BCUT2D eigenvalue weighted by Crippen LogP contribution is -2.31. The van der Waals surface area contributed by atoms with Crippen molar-refractivity contribution in [3.8, 4) is 0 Å². The van der Waals surface area contributed by atoms with Crippen LogP contribution in [0.3, 0.4) is 0 Å². The third kappa shape index (κ3) is 5.22. The molecule has 1 aliphatic rings. The average molecular weight is 337 g/mol. The van der Waals surface area contributed by atoms with Gasteiger partial charge in [0.05, 0.1) is 0 Å². The van der Waals surface area contributed by atoms with Crippen molar-refractivity contribution in [2.24, 2.45) is 0 Å². The molecule has 0 unspecified atom stereocenters. The highest BCUT2D eigenvalue weighted by molar-refractivity contribution is 6.32. The Morgan fingerprint density at radius 1 is 1.17 bits per heavy atom. The maximum atomic E-state index is 12.3. The molecule has 128 valence electrons. The molecule has 0 aromatic heterocycles. The second kappa shape index (κ2) is 9.29. The van der Waals surface area contributed by atoms with E-state index in [9.17, 15) is 4.79 Å². The van der Waals surface area contributed by atoms with Gasteiger partial charge < -0.3 is 10.2 Å². The van der Waals surface area contributed by atoms with Gasteiger partial charge in [-0.05, 0) is 68.9 Å². The number of likely N-dealkylation sites (tertiary alicyclic amines) is 1. The predicted molar refractivity (Wildman–Crippen MR) is 98.4 cm³/mol. The van der Waals surface area contributed by atoms with Crippen LogP contribution in [0, 0.1) is 0 Å². The number of rotatable bonds is 7. The van der Waals surface area contributed by atoms with E-state index in [1.807, 2.05) is 12.1 Å². The molecular formula is C19H29ClN2O. The average Bonchev–Trinajstić information content (AvgIpc) is 2.56. The minimum absolute atomic E-state index is 0.105. The highest BCUT2D eigenvalue weighted by Gasteiger charge is 2.14. The number of hydrogen-bond donors (Lipinski definition) is 1. The lowest BCUT2D eigenvalue weighted by molar-refractivity contribution is -0.116. The van der Waals surface area contributed by atoms with Crippen LogP contribution in [0.15, 0.2) is 12.1 Å². The number of piperidine rings is 1. The smallest absolute Gasteiger partial charge is 0.224 e. The zero-order valence-corrected chi connectivity index (χ0v) is 15.2. The quantitative estimate of drug-likeness (QED) is 0.784. The van der Waals surface area contributed by atoms with Gasteiger partial charge in [-0.25, -0.2) is 0 Å². The molecule has 0 spiro atoms. The molecule has 23 heavy (non-hydrogen) atoms. The van der Waals surface area contributed by atoms with Crippen molar-refractivity contribution in [1.29, 1.82) is 0 Å². The molecule has 1 aromatic carbocycles. The number of carbonyl (C=O) groups excluding carboxylic acids is 1. The summed E-state index contributed by atoms with van der Waals surface area (Å²) in [6, 6.07) is 3.95. The van der Waals surface area contributed by atoms with E-state index in [1.54, 1.807) is 0 Å².